The van der Waals surface area contributed by atoms with Crippen molar-refractivity contribution in [3.63, 3.8) is 0 Å². The second-order valence-corrected chi connectivity index (χ2v) is 8.17. The number of fused-ring (bicyclic) bond motifs is 1. The van der Waals surface area contributed by atoms with Crippen molar-refractivity contribution >= 4 is 23.0 Å². The Morgan fingerprint density at radius 2 is 1.83 bits per heavy atom. The lowest BCUT2D eigenvalue weighted by Gasteiger charge is -2.30. The van der Waals surface area contributed by atoms with Crippen LogP contribution in [0.5, 0.6) is 0 Å². The number of piperidine rings is 1. The Labute approximate surface area is 171 Å². The first-order valence-electron chi connectivity index (χ1n) is 10.9. The van der Waals surface area contributed by atoms with E-state index in [4.69, 9.17) is 4.42 Å². The zero-order chi connectivity index (χ0) is 20.1. The van der Waals surface area contributed by atoms with Crippen molar-refractivity contribution in [1.29, 1.82) is 0 Å². The van der Waals surface area contributed by atoms with E-state index in [1.54, 1.807) is 0 Å². The van der Waals surface area contributed by atoms with Gasteiger partial charge in [0.05, 0.1) is 0 Å². The summed E-state index contributed by atoms with van der Waals surface area (Å²) in [5.74, 6) is 1.05. The summed E-state index contributed by atoms with van der Waals surface area (Å²) in [6.07, 6.45) is 7.82. The van der Waals surface area contributed by atoms with Crippen LogP contribution in [0.25, 0.3) is 11.1 Å². The first-order valence-corrected chi connectivity index (χ1v) is 10.9. The zero-order valence-corrected chi connectivity index (χ0v) is 16.9. The van der Waals surface area contributed by atoms with Gasteiger partial charge in [0.2, 0.25) is 5.91 Å². The maximum atomic E-state index is 12.4. The number of hydrogen-bond donors (Lipinski definition) is 2. The topological polar surface area (TPSA) is 87.5 Å². The van der Waals surface area contributed by atoms with Gasteiger partial charge in [0.25, 0.3) is 0 Å². The standard InChI is InChI=1S/C22H30N4O3/c27-20(24-17-6-2-1-3-7-17)10-13-23-22(28)26-14-11-16(12-15-26)21-25-18-8-4-5-9-19(18)29-21/h4-5,8-9,16-17H,1-3,6-7,10-15H2,(H,23,28)(H,24,27). The molecule has 0 radical (unpaired) electrons. The van der Waals surface area contributed by atoms with E-state index in [2.05, 4.69) is 15.6 Å². The predicted molar refractivity (Wildman–Crippen MR) is 111 cm³/mol. The highest BCUT2D eigenvalue weighted by Gasteiger charge is 2.27. The molecule has 0 bridgehead atoms. The molecule has 0 atom stereocenters. The van der Waals surface area contributed by atoms with Crippen molar-refractivity contribution in [2.24, 2.45) is 0 Å². The molecule has 1 aromatic carbocycles. The van der Waals surface area contributed by atoms with E-state index in [9.17, 15) is 9.59 Å². The molecule has 3 amide bonds. The van der Waals surface area contributed by atoms with Gasteiger partial charge in [-0.1, -0.05) is 31.4 Å². The normalized spacial score (nSPS) is 18.7. The zero-order valence-electron chi connectivity index (χ0n) is 16.9. The number of carbonyl (C=O) groups excluding carboxylic acids is 2. The van der Waals surface area contributed by atoms with Crippen LogP contribution in [0.15, 0.2) is 28.7 Å². The molecule has 7 nitrogen and oxygen atoms in total. The highest BCUT2D eigenvalue weighted by atomic mass is 16.3. The Hall–Kier alpha value is -2.57. The van der Waals surface area contributed by atoms with Gasteiger partial charge in [-0.2, -0.15) is 0 Å². The molecule has 2 fully saturated rings. The molecule has 2 aliphatic rings. The Bertz CT molecular complexity index is 802. The minimum Gasteiger partial charge on any atom is -0.440 e. The van der Waals surface area contributed by atoms with Gasteiger partial charge in [-0.15, -0.1) is 0 Å². The van der Waals surface area contributed by atoms with Gasteiger partial charge in [0.1, 0.15) is 5.52 Å². The van der Waals surface area contributed by atoms with Crippen LogP contribution in [0.2, 0.25) is 0 Å². The second-order valence-electron chi connectivity index (χ2n) is 8.17. The number of hydrogen-bond acceptors (Lipinski definition) is 4. The van der Waals surface area contributed by atoms with Gasteiger partial charge in [-0.25, -0.2) is 9.78 Å². The molecule has 1 saturated heterocycles. The molecule has 1 saturated carbocycles. The van der Waals surface area contributed by atoms with E-state index in [0.717, 1.165) is 42.7 Å². The Morgan fingerprint density at radius 3 is 2.59 bits per heavy atom. The maximum absolute atomic E-state index is 12.4. The third-order valence-electron chi connectivity index (χ3n) is 6.04. The molecular formula is C22H30N4O3. The first-order chi connectivity index (χ1) is 14.2. The molecule has 1 aliphatic heterocycles. The predicted octanol–water partition coefficient (Wildman–Crippen LogP) is 3.56. The number of oxazole rings is 1. The van der Waals surface area contributed by atoms with Crippen LogP contribution in [0, 0.1) is 0 Å². The van der Waals surface area contributed by atoms with Crippen LogP contribution in [-0.4, -0.2) is 47.5 Å². The SMILES string of the molecule is O=C(CCNC(=O)N1CCC(c2nc3ccccc3o2)CC1)NC1CCCCC1. The van der Waals surface area contributed by atoms with Crippen molar-refractivity contribution in [1.82, 2.24) is 20.5 Å². The average molecular weight is 399 g/mol. The quantitative estimate of drug-likeness (QED) is 0.806. The number of aromatic nitrogens is 1. The lowest BCUT2D eigenvalue weighted by atomic mass is 9.95. The second kappa shape index (κ2) is 9.29. The smallest absolute Gasteiger partial charge is 0.317 e. The maximum Gasteiger partial charge on any atom is 0.317 e. The van der Waals surface area contributed by atoms with E-state index < -0.39 is 0 Å². The van der Waals surface area contributed by atoms with E-state index >= 15 is 0 Å². The van der Waals surface area contributed by atoms with Gasteiger partial charge >= 0.3 is 6.03 Å². The lowest BCUT2D eigenvalue weighted by molar-refractivity contribution is -0.121. The molecule has 1 aliphatic carbocycles. The van der Waals surface area contributed by atoms with E-state index in [1.807, 2.05) is 29.2 Å². The van der Waals surface area contributed by atoms with Crippen LogP contribution in [0.4, 0.5) is 4.79 Å². The summed E-state index contributed by atoms with van der Waals surface area (Å²) in [5, 5.41) is 5.97. The summed E-state index contributed by atoms with van der Waals surface area (Å²) in [5.41, 5.74) is 1.70. The fraction of sp³-hybridized carbons (Fsp3) is 0.591. The highest BCUT2D eigenvalue weighted by Crippen LogP contribution is 2.29. The van der Waals surface area contributed by atoms with Crippen molar-refractivity contribution in [3.05, 3.63) is 30.2 Å². The Morgan fingerprint density at radius 1 is 1.07 bits per heavy atom. The molecular weight excluding hydrogens is 368 g/mol. The summed E-state index contributed by atoms with van der Waals surface area (Å²) in [6, 6.07) is 8.01. The molecule has 2 N–H and O–H groups in total. The van der Waals surface area contributed by atoms with Crippen molar-refractivity contribution in [2.45, 2.75) is 63.3 Å². The number of likely N-dealkylation sites (tertiary alicyclic amines) is 1. The van der Waals surface area contributed by atoms with Crippen molar-refractivity contribution in [3.8, 4) is 0 Å². The van der Waals surface area contributed by atoms with Gasteiger partial charge in [0, 0.05) is 38.0 Å². The van der Waals surface area contributed by atoms with E-state index in [0.29, 0.717) is 32.1 Å². The summed E-state index contributed by atoms with van der Waals surface area (Å²) in [6.45, 7) is 1.72. The Balaban J connectivity index is 1.17. The summed E-state index contributed by atoms with van der Waals surface area (Å²) in [4.78, 5) is 30.9. The number of benzene rings is 1. The van der Waals surface area contributed by atoms with Gasteiger partial charge in [-0.3, -0.25) is 4.79 Å². The molecule has 0 unspecified atom stereocenters. The Kier molecular flexibility index (Phi) is 6.32. The van der Waals surface area contributed by atoms with Crippen molar-refractivity contribution < 1.29 is 14.0 Å². The largest absolute Gasteiger partial charge is 0.440 e. The molecule has 7 heteroatoms. The minimum atomic E-state index is -0.0912. The van der Waals surface area contributed by atoms with Gasteiger partial charge < -0.3 is 20.0 Å². The summed E-state index contributed by atoms with van der Waals surface area (Å²) in [7, 11) is 0. The lowest BCUT2D eigenvalue weighted by Crippen LogP contribution is -2.45. The minimum absolute atomic E-state index is 0.0341. The third kappa shape index (κ3) is 5.08. The summed E-state index contributed by atoms with van der Waals surface area (Å²) < 4.78 is 5.88. The monoisotopic (exact) mass is 398 g/mol. The molecule has 156 valence electrons. The fourth-order valence-corrected chi connectivity index (χ4v) is 4.34. The number of urea groups is 1. The molecule has 4 rings (SSSR count). The van der Waals surface area contributed by atoms with E-state index in [-0.39, 0.29) is 17.9 Å². The average Bonchev–Trinajstić information content (AvgIpc) is 3.19. The fourth-order valence-electron chi connectivity index (χ4n) is 4.34. The number of carbonyl (C=O) groups is 2. The number of nitrogens with one attached hydrogen (secondary N) is 2. The van der Waals surface area contributed by atoms with Crippen LogP contribution >= 0.6 is 0 Å². The number of para-hydroxylation sites is 2. The van der Waals surface area contributed by atoms with E-state index in [1.165, 1.54) is 19.3 Å². The van der Waals surface area contributed by atoms with Gasteiger partial charge in [-0.05, 0) is 37.8 Å². The number of nitrogens with zero attached hydrogens (tertiary/aromatic N) is 2. The molecule has 2 heterocycles. The van der Waals surface area contributed by atoms with Gasteiger partial charge in [0.15, 0.2) is 11.5 Å². The first kappa shape index (κ1) is 19.7. The molecule has 29 heavy (non-hydrogen) atoms. The molecule has 1 aromatic heterocycles. The van der Waals surface area contributed by atoms with Crippen LogP contribution in [-0.2, 0) is 4.79 Å². The summed E-state index contributed by atoms with van der Waals surface area (Å²) >= 11 is 0. The van der Waals surface area contributed by atoms with Crippen molar-refractivity contribution in [2.75, 3.05) is 19.6 Å². The third-order valence-corrected chi connectivity index (χ3v) is 6.04. The highest BCUT2D eigenvalue weighted by molar-refractivity contribution is 5.78. The van der Waals surface area contributed by atoms with Crippen LogP contribution in [0.3, 0.4) is 0 Å². The molecule has 2 aromatic rings. The van der Waals surface area contributed by atoms with Crippen LogP contribution < -0.4 is 10.6 Å². The number of rotatable bonds is 5. The number of amides is 3. The molecule has 0 spiro atoms. The van der Waals surface area contributed by atoms with Crippen LogP contribution in [0.1, 0.15) is 63.2 Å².